The van der Waals surface area contributed by atoms with Crippen LogP contribution in [0.15, 0.2) is 42.9 Å². The maximum atomic E-state index is 8.94. The molecule has 0 unspecified atom stereocenters. The molecule has 2 rings (SSSR count). The Kier molecular flexibility index (Phi) is 3.67. The molecule has 2 heterocycles. The van der Waals surface area contributed by atoms with Crippen LogP contribution in [0, 0.1) is 0 Å². The average molecular weight is 229 g/mol. The molecule has 0 aliphatic carbocycles. The Morgan fingerprint density at radius 2 is 2.06 bits per heavy atom. The van der Waals surface area contributed by atoms with E-state index in [-0.39, 0.29) is 6.61 Å². The van der Waals surface area contributed by atoms with E-state index >= 15 is 0 Å². The van der Waals surface area contributed by atoms with Crippen molar-refractivity contribution in [3.05, 3.63) is 54.0 Å². The summed E-state index contributed by atoms with van der Waals surface area (Å²) in [7, 11) is 1.98. The molecule has 2 aromatic rings. The zero-order chi connectivity index (χ0) is 12.1. The van der Waals surface area contributed by atoms with Crippen LogP contribution in [0.5, 0.6) is 0 Å². The second-order valence-corrected chi connectivity index (χ2v) is 3.90. The van der Waals surface area contributed by atoms with Crippen molar-refractivity contribution >= 4 is 5.82 Å². The van der Waals surface area contributed by atoms with Gasteiger partial charge in [-0.25, -0.2) is 4.98 Å². The topological polar surface area (TPSA) is 49.2 Å². The number of aliphatic hydroxyl groups is 1. The second kappa shape index (κ2) is 5.41. The quantitative estimate of drug-likeness (QED) is 0.865. The van der Waals surface area contributed by atoms with Crippen molar-refractivity contribution in [3.8, 4) is 0 Å². The first-order valence-corrected chi connectivity index (χ1v) is 5.45. The normalized spacial score (nSPS) is 10.2. The number of hydrogen-bond donors (Lipinski definition) is 1. The third-order valence-corrected chi connectivity index (χ3v) is 2.53. The van der Waals surface area contributed by atoms with Crippen LogP contribution in [0.3, 0.4) is 0 Å². The zero-order valence-corrected chi connectivity index (χ0v) is 9.74. The molecule has 4 heteroatoms. The van der Waals surface area contributed by atoms with Crippen molar-refractivity contribution < 1.29 is 5.11 Å². The van der Waals surface area contributed by atoms with Crippen molar-refractivity contribution in [2.75, 3.05) is 11.9 Å². The molecule has 0 bridgehead atoms. The predicted molar refractivity (Wildman–Crippen MR) is 66.5 cm³/mol. The molecule has 0 aliphatic heterocycles. The fraction of sp³-hybridized carbons (Fsp3) is 0.231. The average Bonchev–Trinajstić information content (AvgIpc) is 2.40. The molecule has 0 fully saturated rings. The highest BCUT2D eigenvalue weighted by molar-refractivity contribution is 5.39. The summed E-state index contributed by atoms with van der Waals surface area (Å²) in [6.45, 7) is 0.791. The van der Waals surface area contributed by atoms with Crippen LogP contribution in [0.1, 0.15) is 11.1 Å². The Hall–Kier alpha value is -1.94. The molecule has 0 amide bonds. The SMILES string of the molecule is CN(Cc1cccnc1)c1ccc(CO)cn1. The number of rotatable bonds is 4. The molecule has 88 valence electrons. The van der Waals surface area contributed by atoms with Crippen molar-refractivity contribution in [1.82, 2.24) is 9.97 Å². The van der Waals surface area contributed by atoms with Crippen LogP contribution >= 0.6 is 0 Å². The van der Waals surface area contributed by atoms with Crippen LogP contribution < -0.4 is 4.90 Å². The maximum Gasteiger partial charge on any atom is 0.128 e. The first-order valence-electron chi connectivity index (χ1n) is 5.45. The fourth-order valence-electron chi connectivity index (χ4n) is 1.58. The van der Waals surface area contributed by atoms with Crippen LogP contribution in [0.2, 0.25) is 0 Å². The Morgan fingerprint density at radius 3 is 2.65 bits per heavy atom. The van der Waals surface area contributed by atoms with Crippen LogP contribution in [0.4, 0.5) is 5.82 Å². The molecule has 17 heavy (non-hydrogen) atoms. The highest BCUT2D eigenvalue weighted by atomic mass is 16.3. The number of hydrogen-bond acceptors (Lipinski definition) is 4. The van der Waals surface area contributed by atoms with Gasteiger partial charge in [0.25, 0.3) is 0 Å². The minimum Gasteiger partial charge on any atom is -0.392 e. The number of anilines is 1. The summed E-state index contributed by atoms with van der Waals surface area (Å²) in [6, 6.07) is 7.74. The number of nitrogens with zero attached hydrogens (tertiary/aromatic N) is 3. The van der Waals surface area contributed by atoms with E-state index in [0.717, 1.165) is 23.5 Å². The molecular formula is C13H15N3O. The number of pyridine rings is 2. The van der Waals surface area contributed by atoms with Gasteiger partial charge >= 0.3 is 0 Å². The Morgan fingerprint density at radius 1 is 1.18 bits per heavy atom. The molecule has 0 radical (unpaired) electrons. The Bertz CT molecular complexity index is 456. The van der Waals surface area contributed by atoms with Crippen molar-refractivity contribution in [2.24, 2.45) is 0 Å². The summed E-state index contributed by atoms with van der Waals surface area (Å²) in [5, 5.41) is 8.94. The van der Waals surface area contributed by atoms with E-state index in [9.17, 15) is 0 Å². The molecule has 0 aromatic carbocycles. The van der Waals surface area contributed by atoms with Gasteiger partial charge in [-0.15, -0.1) is 0 Å². The number of aliphatic hydroxyl groups excluding tert-OH is 1. The van der Waals surface area contributed by atoms with Gasteiger partial charge < -0.3 is 10.0 Å². The molecule has 4 nitrogen and oxygen atoms in total. The van der Waals surface area contributed by atoms with Gasteiger partial charge in [0, 0.05) is 32.2 Å². The minimum absolute atomic E-state index is 0.0274. The van der Waals surface area contributed by atoms with Gasteiger partial charge in [0.1, 0.15) is 5.82 Å². The molecule has 1 N–H and O–H groups in total. The third-order valence-electron chi connectivity index (χ3n) is 2.53. The lowest BCUT2D eigenvalue weighted by molar-refractivity contribution is 0.281. The lowest BCUT2D eigenvalue weighted by Gasteiger charge is -2.18. The third kappa shape index (κ3) is 3.01. The van der Waals surface area contributed by atoms with E-state index in [1.54, 1.807) is 12.4 Å². The van der Waals surface area contributed by atoms with Gasteiger partial charge in [0.15, 0.2) is 0 Å². The largest absolute Gasteiger partial charge is 0.392 e. The summed E-state index contributed by atoms with van der Waals surface area (Å²) in [5.41, 5.74) is 1.96. The maximum absolute atomic E-state index is 8.94. The van der Waals surface area contributed by atoms with E-state index in [0.29, 0.717) is 0 Å². The van der Waals surface area contributed by atoms with Crippen molar-refractivity contribution in [3.63, 3.8) is 0 Å². The van der Waals surface area contributed by atoms with E-state index < -0.39 is 0 Å². The zero-order valence-electron chi connectivity index (χ0n) is 9.74. The molecule has 0 saturated heterocycles. The highest BCUT2D eigenvalue weighted by Gasteiger charge is 2.03. The first kappa shape index (κ1) is 11.5. The summed E-state index contributed by atoms with van der Waals surface area (Å²) >= 11 is 0. The summed E-state index contributed by atoms with van der Waals surface area (Å²) in [6.07, 6.45) is 5.30. The van der Waals surface area contributed by atoms with Crippen molar-refractivity contribution in [2.45, 2.75) is 13.2 Å². The predicted octanol–water partition coefficient (Wildman–Crippen LogP) is 1.61. The number of aromatic nitrogens is 2. The standard InChI is InChI=1S/C13H15N3O/c1-16(9-11-3-2-6-14-7-11)13-5-4-12(10-17)8-15-13/h2-8,17H,9-10H2,1H3. The van der Waals surface area contributed by atoms with Crippen LogP contribution in [-0.4, -0.2) is 22.1 Å². The van der Waals surface area contributed by atoms with E-state index in [4.69, 9.17) is 5.11 Å². The molecule has 0 saturated carbocycles. The summed E-state index contributed by atoms with van der Waals surface area (Å²) in [5.74, 6) is 0.881. The van der Waals surface area contributed by atoms with Crippen LogP contribution in [0.25, 0.3) is 0 Å². The first-order chi connectivity index (χ1) is 8.29. The highest BCUT2D eigenvalue weighted by Crippen LogP contribution is 2.12. The van der Waals surface area contributed by atoms with Gasteiger partial charge in [-0.2, -0.15) is 0 Å². The van der Waals surface area contributed by atoms with Gasteiger partial charge in [0.2, 0.25) is 0 Å². The molecule has 2 aromatic heterocycles. The summed E-state index contributed by atoms with van der Waals surface area (Å²) in [4.78, 5) is 10.4. The fourth-order valence-corrected chi connectivity index (χ4v) is 1.58. The molecule has 0 atom stereocenters. The minimum atomic E-state index is 0.0274. The van der Waals surface area contributed by atoms with Gasteiger partial charge in [-0.1, -0.05) is 12.1 Å². The van der Waals surface area contributed by atoms with Gasteiger partial charge in [-0.05, 0) is 23.3 Å². The second-order valence-electron chi connectivity index (χ2n) is 3.90. The van der Waals surface area contributed by atoms with Crippen molar-refractivity contribution in [1.29, 1.82) is 0 Å². The Labute approximate surface area is 101 Å². The molecule has 0 aliphatic rings. The smallest absolute Gasteiger partial charge is 0.128 e. The lowest BCUT2D eigenvalue weighted by atomic mass is 10.2. The van der Waals surface area contributed by atoms with E-state index in [1.165, 1.54) is 0 Å². The Balaban J connectivity index is 2.06. The molecular weight excluding hydrogens is 214 g/mol. The van der Waals surface area contributed by atoms with Crippen LogP contribution in [-0.2, 0) is 13.2 Å². The molecule has 0 spiro atoms. The van der Waals surface area contributed by atoms with Gasteiger partial charge in [-0.3, -0.25) is 4.98 Å². The van der Waals surface area contributed by atoms with Gasteiger partial charge in [0.05, 0.1) is 6.61 Å². The van der Waals surface area contributed by atoms with E-state index in [1.807, 2.05) is 42.4 Å². The van der Waals surface area contributed by atoms with E-state index in [2.05, 4.69) is 9.97 Å². The summed E-state index contributed by atoms with van der Waals surface area (Å²) < 4.78 is 0. The lowest BCUT2D eigenvalue weighted by Crippen LogP contribution is -2.17. The monoisotopic (exact) mass is 229 g/mol.